The Balaban J connectivity index is 1.39. The van der Waals surface area contributed by atoms with Crippen LogP contribution in [0.4, 0.5) is 5.13 Å². The molecule has 25 heavy (non-hydrogen) atoms. The maximum Gasteiger partial charge on any atom is 0.206 e. The number of hydrogen-bond donors (Lipinski definition) is 3. The third-order valence-corrected chi connectivity index (χ3v) is 4.76. The van der Waals surface area contributed by atoms with Crippen LogP contribution in [0.2, 0.25) is 0 Å². The highest BCUT2D eigenvalue weighted by Gasteiger charge is 2.10. The van der Waals surface area contributed by atoms with Crippen LogP contribution < -0.4 is 11.1 Å². The lowest BCUT2D eigenvalue weighted by atomic mass is 10.1. The fraction of sp³-hybridized carbons (Fsp3) is 0.176. The van der Waals surface area contributed by atoms with Gasteiger partial charge in [-0.15, -0.1) is 10.2 Å². The molecule has 0 unspecified atom stereocenters. The van der Waals surface area contributed by atoms with Crippen LogP contribution in [0.1, 0.15) is 5.69 Å². The van der Waals surface area contributed by atoms with Crippen molar-refractivity contribution in [2.45, 2.75) is 12.5 Å². The zero-order valence-electron chi connectivity index (χ0n) is 13.4. The Kier molecular flexibility index (Phi) is 4.36. The van der Waals surface area contributed by atoms with Crippen LogP contribution in [0.25, 0.3) is 21.5 Å². The minimum Gasteiger partial charge on any atom is -0.359 e. The van der Waals surface area contributed by atoms with Gasteiger partial charge in [-0.2, -0.15) is 5.10 Å². The lowest BCUT2D eigenvalue weighted by molar-refractivity contribution is 0.686. The van der Waals surface area contributed by atoms with Crippen LogP contribution in [0.5, 0.6) is 0 Å². The number of nitrogens with one attached hydrogen (secondary N) is 2. The summed E-state index contributed by atoms with van der Waals surface area (Å²) in [7, 11) is 0. The van der Waals surface area contributed by atoms with Crippen molar-refractivity contribution < 1.29 is 0 Å². The Labute approximate surface area is 148 Å². The molecule has 0 radical (unpaired) electrons. The zero-order valence-corrected chi connectivity index (χ0v) is 14.2. The summed E-state index contributed by atoms with van der Waals surface area (Å²) in [5.74, 6) is 0. The molecule has 8 heteroatoms. The third-order valence-electron chi connectivity index (χ3n) is 3.83. The molecule has 3 aromatic heterocycles. The predicted octanol–water partition coefficient (Wildman–Crippen LogP) is 2.46. The van der Waals surface area contributed by atoms with E-state index in [1.807, 2.05) is 30.3 Å². The van der Waals surface area contributed by atoms with Crippen LogP contribution >= 0.6 is 11.3 Å². The number of aromatic amines is 1. The molecule has 0 aliphatic heterocycles. The van der Waals surface area contributed by atoms with Gasteiger partial charge >= 0.3 is 0 Å². The first-order chi connectivity index (χ1) is 12.3. The molecule has 4 N–H and O–H groups in total. The van der Waals surface area contributed by atoms with E-state index in [2.05, 4.69) is 36.8 Å². The zero-order chi connectivity index (χ0) is 17.1. The van der Waals surface area contributed by atoms with Crippen molar-refractivity contribution in [2.24, 2.45) is 5.73 Å². The molecule has 3 heterocycles. The van der Waals surface area contributed by atoms with Gasteiger partial charge < -0.3 is 11.1 Å². The second kappa shape index (κ2) is 6.96. The monoisotopic (exact) mass is 351 g/mol. The maximum absolute atomic E-state index is 6.17. The fourth-order valence-electron chi connectivity index (χ4n) is 2.57. The van der Waals surface area contributed by atoms with Gasteiger partial charge in [-0.3, -0.25) is 10.1 Å². The van der Waals surface area contributed by atoms with E-state index in [1.54, 1.807) is 12.4 Å². The second-order valence-corrected chi connectivity index (χ2v) is 6.73. The number of fused-ring (bicyclic) bond motifs is 1. The second-order valence-electron chi connectivity index (χ2n) is 5.75. The van der Waals surface area contributed by atoms with E-state index in [4.69, 9.17) is 5.73 Å². The van der Waals surface area contributed by atoms with Crippen LogP contribution in [0, 0.1) is 0 Å². The summed E-state index contributed by atoms with van der Waals surface area (Å²) >= 11 is 1.51. The minimum absolute atomic E-state index is 0.0375. The molecular formula is C17H17N7S. The fourth-order valence-corrected chi connectivity index (χ4v) is 3.31. The largest absolute Gasteiger partial charge is 0.359 e. The lowest BCUT2D eigenvalue weighted by Crippen LogP contribution is -2.31. The van der Waals surface area contributed by atoms with Crippen molar-refractivity contribution in [1.82, 2.24) is 25.4 Å². The number of rotatable bonds is 6. The Morgan fingerprint density at radius 2 is 2.16 bits per heavy atom. The molecule has 0 spiro atoms. The van der Waals surface area contributed by atoms with E-state index in [0.717, 1.165) is 38.7 Å². The first-order valence-corrected chi connectivity index (χ1v) is 8.76. The van der Waals surface area contributed by atoms with Gasteiger partial charge in [0.2, 0.25) is 5.13 Å². The van der Waals surface area contributed by atoms with E-state index < -0.39 is 0 Å². The first kappa shape index (κ1) is 15.7. The summed E-state index contributed by atoms with van der Waals surface area (Å²) in [6.45, 7) is 0.617. The highest BCUT2D eigenvalue weighted by Crippen LogP contribution is 2.28. The molecule has 0 saturated carbocycles. The van der Waals surface area contributed by atoms with E-state index in [0.29, 0.717) is 6.54 Å². The van der Waals surface area contributed by atoms with Crippen LogP contribution in [-0.2, 0) is 6.42 Å². The average Bonchev–Trinajstić information content (AvgIpc) is 3.29. The standard InChI is InChI=1S/C17H17N7S/c18-13(8-14-3-1-2-6-19-14)10-20-17-24-23-16(25-17)11-4-5-15-12(7-11)9-21-22-15/h1-7,9,13H,8,10,18H2,(H,20,24)(H,21,22)/t13-/m0/s1. The number of nitrogens with zero attached hydrogens (tertiary/aromatic N) is 4. The average molecular weight is 351 g/mol. The van der Waals surface area contributed by atoms with Crippen molar-refractivity contribution in [2.75, 3.05) is 11.9 Å². The van der Waals surface area contributed by atoms with Gasteiger partial charge in [0.05, 0.1) is 11.7 Å². The van der Waals surface area contributed by atoms with Crippen LogP contribution in [0.3, 0.4) is 0 Å². The van der Waals surface area contributed by atoms with Gasteiger partial charge in [-0.1, -0.05) is 17.4 Å². The molecule has 0 aliphatic rings. The van der Waals surface area contributed by atoms with Gasteiger partial charge in [0.15, 0.2) is 0 Å². The minimum atomic E-state index is -0.0375. The number of anilines is 1. The van der Waals surface area contributed by atoms with Gasteiger partial charge in [0.25, 0.3) is 0 Å². The first-order valence-electron chi connectivity index (χ1n) is 7.94. The van der Waals surface area contributed by atoms with Crippen molar-refractivity contribution in [3.05, 3.63) is 54.5 Å². The molecule has 7 nitrogen and oxygen atoms in total. The van der Waals surface area contributed by atoms with E-state index in [1.165, 1.54) is 11.3 Å². The lowest BCUT2D eigenvalue weighted by Gasteiger charge is -2.11. The molecule has 4 rings (SSSR count). The Bertz CT molecular complexity index is 963. The Morgan fingerprint density at radius 1 is 1.20 bits per heavy atom. The molecule has 0 bridgehead atoms. The Morgan fingerprint density at radius 3 is 3.04 bits per heavy atom. The highest BCUT2D eigenvalue weighted by molar-refractivity contribution is 7.18. The topological polar surface area (TPSA) is 105 Å². The van der Waals surface area contributed by atoms with Gasteiger partial charge in [-0.25, -0.2) is 0 Å². The molecule has 1 aromatic carbocycles. The molecule has 0 fully saturated rings. The predicted molar refractivity (Wildman–Crippen MR) is 99.4 cm³/mol. The van der Waals surface area contributed by atoms with Gasteiger partial charge in [0.1, 0.15) is 5.01 Å². The summed E-state index contributed by atoms with van der Waals surface area (Å²) in [5, 5.41) is 21.4. The van der Waals surface area contributed by atoms with Gasteiger partial charge in [0, 0.05) is 41.8 Å². The molecule has 126 valence electrons. The highest BCUT2D eigenvalue weighted by atomic mass is 32.1. The molecule has 0 saturated heterocycles. The van der Waals surface area contributed by atoms with E-state index in [-0.39, 0.29) is 6.04 Å². The SMILES string of the molecule is N[C@H](CNc1nnc(-c2ccc3[nH]ncc3c2)s1)Cc1ccccn1. The van der Waals surface area contributed by atoms with Crippen molar-refractivity contribution >= 4 is 27.4 Å². The van der Waals surface area contributed by atoms with Crippen molar-refractivity contribution in [1.29, 1.82) is 0 Å². The number of pyridine rings is 1. The summed E-state index contributed by atoms with van der Waals surface area (Å²) in [5.41, 5.74) is 9.19. The normalized spacial score (nSPS) is 12.4. The third kappa shape index (κ3) is 3.65. The number of H-pyrrole nitrogens is 1. The maximum atomic E-state index is 6.17. The van der Waals surface area contributed by atoms with Crippen molar-refractivity contribution in [3.63, 3.8) is 0 Å². The smallest absolute Gasteiger partial charge is 0.206 e. The van der Waals surface area contributed by atoms with Crippen LogP contribution in [0.15, 0.2) is 48.8 Å². The van der Waals surface area contributed by atoms with E-state index >= 15 is 0 Å². The van der Waals surface area contributed by atoms with Gasteiger partial charge in [-0.05, 0) is 30.3 Å². The van der Waals surface area contributed by atoms with Crippen molar-refractivity contribution in [3.8, 4) is 10.6 Å². The van der Waals surface area contributed by atoms with E-state index in [9.17, 15) is 0 Å². The van der Waals surface area contributed by atoms with Crippen LogP contribution in [-0.4, -0.2) is 38.0 Å². The number of aromatic nitrogens is 5. The number of benzene rings is 1. The molecule has 4 aromatic rings. The summed E-state index contributed by atoms with van der Waals surface area (Å²) in [6.07, 6.45) is 4.30. The molecule has 1 atom stereocenters. The molecule has 0 aliphatic carbocycles. The molecular weight excluding hydrogens is 334 g/mol. The summed E-state index contributed by atoms with van der Waals surface area (Å²) in [6, 6.07) is 11.9. The summed E-state index contributed by atoms with van der Waals surface area (Å²) in [4.78, 5) is 4.30. The number of nitrogens with two attached hydrogens (primary N) is 1. The molecule has 0 amide bonds. The summed E-state index contributed by atoms with van der Waals surface area (Å²) < 4.78 is 0. The number of hydrogen-bond acceptors (Lipinski definition) is 7. The Hall–Kier alpha value is -2.84. The quantitative estimate of drug-likeness (QED) is 0.493.